The van der Waals surface area contributed by atoms with Crippen LogP contribution in [0, 0.1) is 20.8 Å². The van der Waals surface area contributed by atoms with Crippen molar-refractivity contribution in [3.63, 3.8) is 0 Å². The first-order valence-electron chi connectivity index (χ1n) is 7.66. The number of hydrogen-bond donors (Lipinski definition) is 1. The average Bonchev–Trinajstić information content (AvgIpc) is 2.47. The molecule has 0 amide bonds. The summed E-state index contributed by atoms with van der Waals surface area (Å²) < 4.78 is 5.87. The summed E-state index contributed by atoms with van der Waals surface area (Å²) in [5.74, 6) is 1.08. The zero-order valence-corrected chi connectivity index (χ0v) is 13.1. The molecular weight excluding hydrogens is 258 g/mol. The van der Waals surface area contributed by atoms with Crippen molar-refractivity contribution in [3.05, 3.63) is 64.2 Å². The second-order valence-electron chi connectivity index (χ2n) is 6.06. The van der Waals surface area contributed by atoms with Crippen LogP contribution in [0.5, 0.6) is 5.75 Å². The number of ether oxygens (including phenoxy) is 1. The highest BCUT2D eigenvalue weighted by atomic mass is 16.5. The van der Waals surface area contributed by atoms with Gasteiger partial charge in [0, 0.05) is 24.6 Å². The molecule has 2 aromatic rings. The smallest absolute Gasteiger partial charge is 0.126 e. The topological polar surface area (TPSA) is 21.3 Å². The Balaban J connectivity index is 1.77. The Morgan fingerprint density at radius 1 is 1.05 bits per heavy atom. The minimum Gasteiger partial charge on any atom is -0.493 e. The molecule has 2 nitrogen and oxygen atoms in total. The van der Waals surface area contributed by atoms with Crippen LogP contribution in [0.1, 0.15) is 40.3 Å². The highest BCUT2D eigenvalue weighted by Crippen LogP contribution is 2.35. The fourth-order valence-electron chi connectivity index (χ4n) is 3.04. The van der Waals surface area contributed by atoms with E-state index < -0.39 is 0 Å². The number of rotatable bonds is 3. The molecule has 2 aromatic carbocycles. The van der Waals surface area contributed by atoms with Crippen LogP contribution in [0.15, 0.2) is 36.4 Å². The average molecular weight is 281 g/mol. The Morgan fingerprint density at radius 3 is 2.57 bits per heavy atom. The van der Waals surface area contributed by atoms with E-state index in [2.05, 4.69) is 62.5 Å². The Labute approximate surface area is 127 Å². The van der Waals surface area contributed by atoms with Crippen molar-refractivity contribution in [1.82, 2.24) is 5.32 Å². The molecule has 1 heterocycles. The van der Waals surface area contributed by atoms with Gasteiger partial charge in [-0.05, 0) is 31.9 Å². The monoisotopic (exact) mass is 281 g/mol. The maximum atomic E-state index is 5.87. The molecule has 0 aromatic heterocycles. The van der Waals surface area contributed by atoms with Gasteiger partial charge < -0.3 is 10.1 Å². The standard InChI is InChI=1S/C19H23NO/c1-13-4-6-16(7-5-13)12-20-18-8-9-21-19-15(3)10-14(2)11-17(18)19/h4-7,10-11,18,20H,8-9,12H2,1-3H3. The third kappa shape index (κ3) is 3.11. The lowest BCUT2D eigenvalue weighted by Gasteiger charge is -2.28. The van der Waals surface area contributed by atoms with Gasteiger partial charge in [-0.25, -0.2) is 0 Å². The van der Waals surface area contributed by atoms with Crippen molar-refractivity contribution < 1.29 is 4.74 Å². The Kier molecular flexibility index (Phi) is 3.98. The molecule has 21 heavy (non-hydrogen) atoms. The van der Waals surface area contributed by atoms with E-state index in [1.54, 1.807) is 0 Å². The second kappa shape index (κ2) is 5.90. The van der Waals surface area contributed by atoms with Crippen LogP contribution in [-0.2, 0) is 6.54 Å². The maximum Gasteiger partial charge on any atom is 0.126 e. The third-order valence-electron chi connectivity index (χ3n) is 4.15. The molecule has 1 aliphatic rings. The van der Waals surface area contributed by atoms with E-state index in [0.717, 1.165) is 25.3 Å². The minimum absolute atomic E-state index is 0.383. The van der Waals surface area contributed by atoms with Crippen LogP contribution < -0.4 is 10.1 Å². The number of fused-ring (bicyclic) bond motifs is 1. The largest absolute Gasteiger partial charge is 0.493 e. The van der Waals surface area contributed by atoms with Crippen molar-refractivity contribution >= 4 is 0 Å². The van der Waals surface area contributed by atoms with Crippen LogP contribution in [0.2, 0.25) is 0 Å². The van der Waals surface area contributed by atoms with E-state index in [1.165, 1.54) is 27.8 Å². The number of benzene rings is 2. The Bertz CT molecular complexity index is 631. The van der Waals surface area contributed by atoms with Crippen LogP contribution in [-0.4, -0.2) is 6.61 Å². The summed E-state index contributed by atoms with van der Waals surface area (Å²) in [6.07, 6.45) is 1.03. The van der Waals surface area contributed by atoms with Gasteiger partial charge in [-0.15, -0.1) is 0 Å². The minimum atomic E-state index is 0.383. The summed E-state index contributed by atoms with van der Waals surface area (Å²) in [6.45, 7) is 8.10. The molecule has 0 saturated heterocycles. The predicted molar refractivity (Wildman–Crippen MR) is 86.8 cm³/mol. The van der Waals surface area contributed by atoms with E-state index >= 15 is 0 Å². The molecule has 0 radical (unpaired) electrons. The molecule has 1 aliphatic heterocycles. The molecule has 1 unspecified atom stereocenters. The lowest BCUT2D eigenvalue weighted by atomic mass is 9.95. The summed E-state index contributed by atoms with van der Waals surface area (Å²) in [5.41, 5.74) is 6.50. The fourth-order valence-corrected chi connectivity index (χ4v) is 3.04. The van der Waals surface area contributed by atoms with Gasteiger partial charge in [-0.1, -0.05) is 47.5 Å². The van der Waals surface area contributed by atoms with Crippen molar-refractivity contribution in [2.24, 2.45) is 0 Å². The number of aryl methyl sites for hydroxylation is 3. The lowest BCUT2D eigenvalue weighted by molar-refractivity contribution is 0.250. The fraction of sp³-hybridized carbons (Fsp3) is 0.368. The summed E-state index contributed by atoms with van der Waals surface area (Å²) >= 11 is 0. The summed E-state index contributed by atoms with van der Waals surface area (Å²) in [7, 11) is 0. The van der Waals surface area contributed by atoms with Crippen LogP contribution in [0.25, 0.3) is 0 Å². The van der Waals surface area contributed by atoms with Gasteiger partial charge in [0.15, 0.2) is 0 Å². The molecule has 0 spiro atoms. The summed E-state index contributed by atoms with van der Waals surface area (Å²) in [6, 6.07) is 13.6. The summed E-state index contributed by atoms with van der Waals surface area (Å²) in [5, 5.41) is 3.69. The molecule has 1 atom stereocenters. The predicted octanol–water partition coefficient (Wildman–Crippen LogP) is 4.23. The van der Waals surface area contributed by atoms with E-state index in [0.29, 0.717) is 6.04 Å². The van der Waals surface area contributed by atoms with Crippen molar-refractivity contribution in [2.75, 3.05) is 6.61 Å². The van der Waals surface area contributed by atoms with Gasteiger partial charge in [0.1, 0.15) is 5.75 Å². The molecule has 0 fully saturated rings. The second-order valence-corrected chi connectivity index (χ2v) is 6.06. The van der Waals surface area contributed by atoms with Gasteiger partial charge in [0.05, 0.1) is 6.61 Å². The zero-order valence-electron chi connectivity index (χ0n) is 13.1. The highest BCUT2D eigenvalue weighted by molar-refractivity contribution is 5.46. The maximum absolute atomic E-state index is 5.87. The van der Waals surface area contributed by atoms with Gasteiger partial charge in [0.25, 0.3) is 0 Å². The molecule has 0 aliphatic carbocycles. The molecule has 2 heteroatoms. The van der Waals surface area contributed by atoms with Crippen LogP contribution in [0.4, 0.5) is 0 Å². The highest BCUT2D eigenvalue weighted by Gasteiger charge is 2.22. The van der Waals surface area contributed by atoms with Crippen LogP contribution >= 0.6 is 0 Å². The van der Waals surface area contributed by atoms with Gasteiger partial charge in [-0.2, -0.15) is 0 Å². The van der Waals surface area contributed by atoms with Gasteiger partial charge >= 0.3 is 0 Å². The van der Waals surface area contributed by atoms with Crippen molar-refractivity contribution in [2.45, 2.75) is 39.8 Å². The first-order chi connectivity index (χ1) is 10.1. The van der Waals surface area contributed by atoms with Gasteiger partial charge in [0.2, 0.25) is 0 Å². The SMILES string of the molecule is Cc1ccc(CNC2CCOc3c(C)cc(C)cc32)cc1. The van der Waals surface area contributed by atoms with E-state index in [9.17, 15) is 0 Å². The Hall–Kier alpha value is -1.80. The van der Waals surface area contributed by atoms with Crippen LogP contribution in [0.3, 0.4) is 0 Å². The molecule has 1 N–H and O–H groups in total. The van der Waals surface area contributed by atoms with Crippen molar-refractivity contribution in [3.8, 4) is 5.75 Å². The van der Waals surface area contributed by atoms with E-state index in [4.69, 9.17) is 4.74 Å². The first-order valence-corrected chi connectivity index (χ1v) is 7.66. The molecule has 0 saturated carbocycles. The summed E-state index contributed by atoms with van der Waals surface area (Å²) in [4.78, 5) is 0. The van der Waals surface area contributed by atoms with Gasteiger partial charge in [-0.3, -0.25) is 0 Å². The molecular formula is C19H23NO. The lowest BCUT2D eigenvalue weighted by Crippen LogP contribution is -2.27. The molecule has 0 bridgehead atoms. The molecule has 110 valence electrons. The Morgan fingerprint density at radius 2 is 1.81 bits per heavy atom. The van der Waals surface area contributed by atoms with Crippen molar-refractivity contribution in [1.29, 1.82) is 0 Å². The van der Waals surface area contributed by atoms with E-state index in [1.807, 2.05) is 0 Å². The quantitative estimate of drug-likeness (QED) is 0.909. The molecule has 3 rings (SSSR count). The number of nitrogens with one attached hydrogen (secondary N) is 1. The normalized spacial score (nSPS) is 17.2. The zero-order chi connectivity index (χ0) is 14.8. The number of hydrogen-bond acceptors (Lipinski definition) is 2. The third-order valence-corrected chi connectivity index (χ3v) is 4.15. The van der Waals surface area contributed by atoms with E-state index in [-0.39, 0.29) is 0 Å². The first kappa shape index (κ1) is 14.2.